The number of hydrogen-bond donors (Lipinski definition) is 0. The van der Waals surface area contributed by atoms with Gasteiger partial charge in [-0.25, -0.2) is 0 Å². The predicted molar refractivity (Wildman–Crippen MR) is 61.9 cm³/mol. The van der Waals surface area contributed by atoms with Crippen LogP contribution in [-0.4, -0.2) is 29.3 Å². The number of carbonyl (C=O) groups excluding carboxylic acids is 1. The summed E-state index contributed by atoms with van der Waals surface area (Å²) in [4.78, 5) is 14.2. The van der Waals surface area contributed by atoms with E-state index in [9.17, 15) is 4.79 Å². The van der Waals surface area contributed by atoms with E-state index < -0.39 is 0 Å². The molecule has 0 bridgehead atoms. The van der Waals surface area contributed by atoms with Crippen LogP contribution in [0.15, 0.2) is 0 Å². The molecule has 0 radical (unpaired) electrons. The first-order valence-electron chi connectivity index (χ1n) is 5.84. The Morgan fingerprint density at radius 2 is 2.13 bits per heavy atom. The molecule has 2 nitrogen and oxygen atoms in total. The highest BCUT2D eigenvalue weighted by Crippen LogP contribution is 2.53. The molecule has 0 aromatic carbocycles. The van der Waals surface area contributed by atoms with Gasteiger partial charge >= 0.3 is 0 Å². The van der Waals surface area contributed by atoms with Crippen LogP contribution in [0, 0.1) is 17.3 Å². The Hall–Kier alpha value is -0.240. The van der Waals surface area contributed by atoms with E-state index in [1.165, 1.54) is 0 Å². The minimum Gasteiger partial charge on any atom is -0.339 e. The highest BCUT2D eigenvalue weighted by Gasteiger charge is 2.53. The lowest BCUT2D eigenvalue weighted by Gasteiger charge is -2.24. The summed E-state index contributed by atoms with van der Waals surface area (Å²) in [5.74, 6) is 1.81. The number of halogens is 1. The molecule has 0 aromatic heterocycles. The zero-order chi connectivity index (χ0) is 11.2. The lowest BCUT2D eigenvalue weighted by atomic mass is 10.0. The molecule has 3 unspecified atom stereocenters. The molecule has 2 aliphatic rings. The largest absolute Gasteiger partial charge is 0.339 e. The summed E-state index contributed by atoms with van der Waals surface area (Å²) >= 11 is 5.89. The summed E-state index contributed by atoms with van der Waals surface area (Å²) in [6.45, 7) is 7.39. The van der Waals surface area contributed by atoms with Crippen molar-refractivity contribution in [1.82, 2.24) is 4.90 Å². The van der Waals surface area contributed by atoms with Gasteiger partial charge in [0.05, 0.1) is 0 Å². The molecule has 3 atom stereocenters. The standard InChI is InChI=1S/C12H20ClNO/c1-8-9(7-13)4-5-14(8)11(15)10-6-12(10,2)3/h8-10H,4-7H2,1-3H3. The Kier molecular flexibility index (Phi) is 2.74. The van der Waals surface area contributed by atoms with Gasteiger partial charge in [-0.2, -0.15) is 0 Å². The van der Waals surface area contributed by atoms with Crippen LogP contribution in [0.3, 0.4) is 0 Å². The fourth-order valence-electron chi connectivity index (χ4n) is 2.61. The summed E-state index contributed by atoms with van der Waals surface area (Å²) in [5, 5.41) is 0. The molecule has 0 aromatic rings. The number of amides is 1. The van der Waals surface area contributed by atoms with Crippen molar-refractivity contribution in [3.63, 3.8) is 0 Å². The molecule has 1 saturated heterocycles. The highest BCUT2D eigenvalue weighted by molar-refractivity contribution is 6.18. The third kappa shape index (κ3) is 1.89. The van der Waals surface area contributed by atoms with E-state index in [1.807, 2.05) is 4.90 Å². The molecule has 2 fully saturated rings. The topological polar surface area (TPSA) is 20.3 Å². The molecule has 0 N–H and O–H groups in total. The van der Waals surface area contributed by atoms with Crippen molar-refractivity contribution >= 4 is 17.5 Å². The zero-order valence-electron chi connectivity index (χ0n) is 9.79. The molecule has 1 aliphatic heterocycles. The maximum atomic E-state index is 12.2. The van der Waals surface area contributed by atoms with E-state index in [2.05, 4.69) is 20.8 Å². The average Bonchev–Trinajstić information content (AvgIpc) is 2.66. The lowest BCUT2D eigenvalue weighted by Crippen LogP contribution is -2.38. The maximum absolute atomic E-state index is 12.2. The Labute approximate surface area is 97.0 Å². The Morgan fingerprint density at radius 3 is 2.53 bits per heavy atom. The third-order valence-electron chi connectivity index (χ3n) is 4.21. The molecule has 1 amide bonds. The van der Waals surface area contributed by atoms with Gasteiger partial charge in [-0.1, -0.05) is 13.8 Å². The normalized spacial score (nSPS) is 38.1. The lowest BCUT2D eigenvalue weighted by molar-refractivity contribution is -0.134. The number of alkyl halides is 1. The molecule has 3 heteroatoms. The maximum Gasteiger partial charge on any atom is 0.226 e. The van der Waals surface area contributed by atoms with Gasteiger partial charge in [-0.3, -0.25) is 4.79 Å². The van der Waals surface area contributed by atoms with Crippen molar-refractivity contribution in [2.24, 2.45) is 17.3 Å². The molecular weight excluding hydrogens is 210 g/mol. The van der Waals surface area contributed by atoms with Gasteiger partial charge < -0.3 is 4.90 Å². The number of hydrogen-bond acceptors (Lipinski definition) is 1. The van der Waals surface area contributed by atoms with Crippen molar-refractivity contribution in [1.29, 1.82) is 0 Å². The molecule has 15 heavy (non-hydrogen) atoms. The first-order valence-corrected chi connectivity index (χ1v) is 6.37. The van der Waals surface area contributed by atoms with Crippen LogP contribution in [0.1, 0.15) is 33.6 Å². The van der Waals surface area contributed by atoms with Gasteiger partial charge in [0.25, 0.3) is 0 Å². The van der Waals surface area contributed by atoms with E-state index >= 15 is 0 Å². The fraction of sp³-hybridized carbons (Fsp3) is 0.917. The number of nitrogens with zero attached hydrogens (tertiary/aromatic N) is 1. The van der Waals surface area contributed by atoms with E-state index in [1.54, 1.807) is 0 Å². The van der Waals surface area contributed by atoms with Crippen molar-refractivity contribution in [3.8, 4) is 0 Å². The third-order valence-corrected chi connectivity index (χ3v) is 4.60. The second-order valence-corrected chi connectivity index (χ2v) is 6.03. The summed E-state index contributed by atoms with van der Waals surface area (Å²) < 4.78 is 0. The minimum absolute atomic E-state index is 0.246. The number of carbonyl (C=O) groups is 1. The van der Waals surface area contributed by atoms with E-state index in [-0.39, 0.29) is 11.3 Å². The van der Waals surface area contributed by atoms with Gasteiger partial charge in [0.2, 0.25) is 5.91 Å². The summed E-state index contributed by atoms with van der Waals surface area (Å²) in [5.41, 5.74) is 0.246. The summed E-state index contributed by atoms with van der Waals surface area (Å²) in [6, 6.07) is 0.339. The van der Waals surface area contributed by atoms with Crippen molar-refractivity contribution in [2.45, 2.75) is 39.7 Å². The van der Waals surface area contributed by atoms with E-state index in [0.717, 1.165) is 19.4 Å². The molecule has 1 heterocycles. The quantitative estimate of drug-likeness (QED) is 0.667. The average molecular weight is 230 g/mol. The van der Waals surface area contributed by atoms with Gasteiger partial charge in [0.1, 0.15) is 0 Å². The van der Waals surface area contributed by atoms with Crippen LogP contribution < -0.4 is 0 Å². The molecule has 1 saturated carbocycles. The second kappa shape index (κ2) is 3.65. The predicted octanol–water partition coefficient (Wildman–Crippen LogP) is 2.51. The zero-order valence-corrected chi connectivity index (χ0v) is 10.5. The van der Waals surface area contributed by atoms with Gasteiger partial charge in [-0.15, -0.1) is 11.6 Å². The highest BCUT2D eigenvalue weighted by atomic mass is 35.5. The van der Waals surface area contributed by atoms with Crippen LogP contribution in [-0.2, 0) is 4.79 Å². The first-order chi connectivity index (χ1) is 6.97. The van der Waals surface area contributed by atoms with Crippen molar-refractivity contribution < 1.29 is 4.79 Å². The Balaban J connectivity index is 1.98. The van der Waals surface area contributed by atoms with Crippen LogP contribution in [0.5, 0.6) is 0 Å². The van der Waals surface area contributed by atoms with E-state index in [4.69, 9.17) is 11.6 Å². The van der Waals surface area contributed by atoms with Crippen LogP contribution in [0.4, 0.5) is 0 Å². The fourth-order valence-corrected chi connectivity index (χ4v) is 3.02. The van der Waals surface area contributed by atoms with Gasteiger partial charge in [0.15, 0.2) is 0 Å². The van der Waals surface area contributed by atoms with Crippen LogP contribution >= 0.6 is 11.6 Å². The molecule has 86 valence electrons. The molecular formula is C12H20ClNO. The molecule has 1 aliphatic carbocycles. The van der Waals surface area contributed by atoms with Crippen LogP contribution in [0.2, 0.25) is 0 Å². The van der Waals surface area contributed by atoms with Gasteiger partial charge in [0, 0.05) is 24.4 Å². The molecule has 2 rings (SSSR count). The minimum atomic E-state index is 0.246. The number of rotatable bonds is 2. The first kappa shape index (κ1) is 11.3. The number of likely N-dealkylation sites (tertiary alicyclic amines) is 1. The van der Waals surface area contributed by atoms with Crippen molar-refractivity contribution in [2.75, 3.05) is 12.4 Å². The smallest absolute Gasteiger partial charge is 0.226 e. The summed E-state index contributed by atoms with van der Waals surface area (Å²) in [6.07, 6.45) is 2.13. The monoisotopic (exact) mass is 229 g/mol. The van der Waals surface area contributed by atoms with Crippen molar-refractivity contribution in [3.05, 3.63) is 0 Å². The summed E-state index contributed by atoms with van der Waals surface area (Å²) in [7, 11) is 0. The Morgan fingerprint density at radius 1 is 1.53 bits per heavy atom. The van der Waals surface area contributed by atoms with E-state index in [0.29, 0.717) is 23.7 Å². The molecule has 0 spiro atoms. The second-order valence-electron chi connectivity index (χ2n) is 5.72. The SMILES string of the molecule is CC1C(CCl)CCN1C(=O)C1CC1(C)C. The Bertz CT molecular complexity index is 277. The van der Waals surface area contributed by atoms with Crippen LogP contribution in [0.25, 0.3) is 0 Å². The van der Waals surface area contributed by atoms with Gasteiger partial charge in [-0.05, 0) is 31.1 Å².